The first-order valence-corrected chi connectivity index (χ1v) is 18.8. The lowest BCUT2D eigenvalue weighted by Crippen LogP contribution is -2.63. The zero-order valence-electron chi connectivity index (χ0n) is 26.1. The molecule has 1 saturated heterocycles. The van der Waals surface area contributed by atoms with Gasteiger partial charge in [0.2, 0.25) is 0 Å². The van der Waals surface area contributed by atoms with Gasteiger partial charge in [-0.05, 0) is 12.8 Å². The second kappa shape index (κ2) is 22.2. The molecular weight excluding hydrogens is 588 g/mol. The van der Waals surface area contributed by atoms with Gasteiger partial charge in [0.1, 0.15) is 5.41 Å². The third kappa shape index (κ3) is 16.6. The molecule has 0 bridgehead atoms. The summed E-state index contributed by atoms with van der Waals surface area (Å²) in [6.45, 7) is 3.02. The molecule has 0 radical (unpaired) electrons. The molecule has 1 heterocycles. The van der Waals surface area contributed by atoms with Crippen LogP contribution in [0.25, 0.3) is 0 Å². The molecule has 0 atom stereocenters. The summed E-state index contributed by atoms with van der Waals surface area (Å²) in [5.41, 5.74) is -2.08. The van der Waals surface area contributed by atoms with Gasteiger partial charge in [-0.1, -0.05) is 129 Å². The molecule has 0 aromatic rings. The molecule has 0 amide bonds. The van der Waals surface area contributed by atoms with Crippen LogP contribution in [0.1, 0.15) is 142 Å². The molecule has 0 unspecified atom stereocenters. The van der Waals surface area contributed by atoms with Crippen LogP contribution in [0.3, 0.4) is 0 Å². The first kappa shape index (κ1) is 39.6. The van der Waals surface area contributed by atoms with Gasteiger partial charge in [0.05, 0.1) is 19.8 Å². The summed E-state index contributed by atoms with van der Waals surface area (Å²) in [4.78, 5) is 0. The standard InChI is InChI=1S/C29H58O11S2/c1-3-5-7-9-11-13-15-17-19-21-23-36-26-28(25-30,29(31)38-41(32,33)40-42(34,35)39-29)27-37-24-22-20-18-16-14-12-10-8-6-4-2/h30-31H,3-27H2,1-2H3. The maximum absolute atomic E-state index is 12.0. The lowest BCUT2D eigenvalue weighted by molar-refractivity contribution is -0.366. The van der Waals surface area contributed by atoms with Crippen LogP contribution in [0, 0.1) is 5.41 Å². The van der Waals surface area contributed by atoms with Gasteiger partial charge >= 0.3 is 26.8 Å². The normalized spacial score (nSPS) is 17.9. The van der Waals surface area contributed by atoms with Gasteiger partial charge in [-0.25, -0.2) is 0 Å². The van der Waals surface area contributed by atoms with Crippen molar-refractivity contribution >= 4 is 20.8 Å². The molecule has 1 fully saturated rings. The second-order valence-corrected chi connectivity index (χ2v) is 14.1. The van der Waals surface area contributed by atoms with Crippen LogP contribution in [0.2, 0.25) is 0 Å². The highest BCUT2D eigenvalue weighted by atomic mass is 32.3. The van der Waals surface area contributed by atoms with Crippen molar-refractivity contribution < 1.29 is 48.5 Å². The van der Waals surface area contributed by atoms with E-state index in [0.717, 1.165) is 38.5 Å². The Morgan fingerprint density at radius 3 is 1.19 bits per heavy atom. The second-order valence-electron chi connectivity index (χ2n) is 11.5. The average Bonchev–Trinajstić information content (AvgIpc) is 2.91. The van der Waals surface area contributed by atoms with Crippen molar-refractivity contribution in [2.45, 2.75) is 148 Å². The fourth-order valence-corrected chi connectivity index (χ4v) is 6.99. The van der Waals surface area contributed by atoms with Crippen LogP contribution >= 0.6 is 0 Å². The Kier molecular flexibility index (Phi) is 20.9. The minimum absolute atomic E-state index is 0.253. The van der Waals surface area contributed by atoms with Crippen molar-refractivity contribution in [3.05, 3.63) is 0 Å². The van der Waals surface area contributed by atoms with Gasteiger partial charge in [0.15, 0.2) is 0 Å². The molecular formula is C29H58O11S2. The maximum Gasteiger partial charge on any atom is 0.420 e. The van der Waals surface area contributed by atoms with Gasteiger partial charge < -0.3 is 19.7 Å². The molecule has 13 heteroatoms. The monoisotopic (exact) mass is 646 g/mol. The van der Waals surface area contributed by atoms with Crippen molar-refractivity contribution in [2.24, 2.45) is 5.41 Å². The van der Waals surface area contributed by atoms with E-state index in [1.54, 1.807) is 0 Å². The number of aliphatic hydroxyl groups is 2. The van der Waals surface area contributed by atoms with Gasteiger partial charge in [0.25, 0.3) is 0 Å². The molecule has 1 aliphatic heterocycles. The van der Waals surface area contributed by atoms with Crippen LogP contribution in [0.5, 0.6) is 0 Å². The van der Waals surface area contributed by atoms with E-state index < -0.39 is 52.0 Å². The summed E-state index contributed by atoms with van der Waals surface area (Å²) >= 11 is 0. The van der Waals surface area contributed by atoms with E-state index in [4.69, 9.17) is 9.47 Å². The maximum atomic E-state index is 12.0. The molecule has 0 saturated carbocycles. The van der Waals surface area contributed by atoms with E-state index in [9.17, 15) is 27.0 Å². The minimum Gasteiger partial charge on any atom is -0.395 e. The fraction of sp³-hybridized carbons (Fsp3) is 1.00. The SMILES string of the molecule is CCCCCCCCCCCCOCC(CO)(COCCCCCCCCCCCC)C1(O)OS(=O)(=O)OS(=O)(=O)O1. The Balaban J connectivity index is 2.55. The number of rotatable bonds is 28. The Morgan fingerprint density at radius 1 is 0.571 bits per heavy atom. The zero-order chi connectivity index (χ0) is 31.2. The lowest BCUT2D eigenvalue weighted by atomic mass is 9.87. The van der Waals surface area contributed by atoms with Crippen LogP contribution in [0.15, 0.2) is 0 Å². The third-order valence-electron chi connectivity index (χ3n) is 7.61. The van der Waals surface area contributed by atoms with E-state index in [0.29, 0.717) is 12.8 Å². The Bertz CT molecular complexity index is 816. The Labute approximate surface area is 255 Å². The predicted molar refractivity (Wildman–Crippen MR) is 161 cm³/mol. The van der Waals surface area contributed by atoms with Crippen molar-refractivity contribution in [2.75, 3.05) is 33.0 Å². The number of hydrogen-bond acceptors (Lipinski definition) is 11. The summed E-state index contributed by atoms with van der Waals surface area (Å²) in [6, 6.07) is 0. The molecule has 2 N–H and O–H groups in total. The van der Waals surface area contributed by atoms with Gasteiger partial charge in [0, 0.05) is 13.2 Å². The molecule has 1 aliphatic rings. The number of unbranched alkanes of at least 4 members (excludes halogenated alkanes) is 18. The third-order valence-corrected chi connectivity index (χ3v) is 9.80. The van der Waals surface area contributed by atoms with Crippen molar-refractivity contribution in [3.63, 3.8) is 0 Å². The molecule has 1 rings (SSSR count). The quantitative estimate of drug-likeness (QED) is 0.0956. The molecule has 252 valence electrons. The Morgan fingerprint density at radius 2 is 0.881 bits per heavy atom. The van der Waals surface area contributed by atoms with E-state index in [-0.39, 0.29) is 13.2 Å². The van der Waals surface area contributed by atoms with Crippen LogP contribution in [0.4, 0.5) is 0 Å². The fourth-order valence-electron chi connectivity index (χ4n) is 4.93. The molecule has 0 aliphatic carbocycles. The van der Waals surface area contributed by atoms with E-state index >= 15 is 0 Å². The lowest BCUT2D eigenvalue weighted by Gasteiger charge is -2.43. The van der Waals surface area contributed by atoms with Gasteiger partial charge in [-0.2, -0.15) is 25.2 Å². The van der Waals surface area contributed by atoms with E-state index in [1.807, 2.05) is 0 Å². The van der Waals surface area contributed by atoms with Crippen LogP contribution in [-0.2, 0) is 42.3 Å². The summed E-state index contributed by atoms with van der Waals surface area (Å²) in [6.07, 6.45) is 22.6. The first-order chi connectivity index (χ1) is 20.1. The minimum atomic E-state index is -5.19. The molecule has 0 aromatic heterocycles. The molecule has 11 nitrogen and oxygen atoms in total. The highest BCUT2D eigenvalue weighted by Gasteiger charge is 2.63. The zero-order valence-corrected chi connectivity index (χ0v) is 27.7. The van der Waals surface area contributed by atoms with Crippen LogP contribution in [-0.4, -0.2) is 66.1 Å². The number of hydrogen-bond donors (Lipinski definition) is 2. The van der Waals surface area contributed by atoms with Crippen molar-refractivity contribution in [1.82, 2.24) is 0 Å². The molecule has 42 heavy (non-hydrogen) atoms. The van der Waals surface area contributed by atoms with Crippen molar-refractivity contribution in [1.29, 1.82) is 0 Å². The first-order valence-electron chi connectivity index (χ1n) is 16.2. The average molecular weight is 647 g/mol. The highest BCUT2D eigenvalue weighted by Crippen LogP contribution is 2.41. The summed E-state index contributed by atoms with van der Waals surface area (Å²) in [5, 5.41) is 21.3. The topological polar surface area (TPSA) is 155 Å². The number of ether oxygens (including phenoxy) is 2. The van der Waals surface area contributed by atoms with Gasteiger partial charge in [-0.3, -0.25) is 0 Å². The van der Waals surface area contributed by atoms with Crippen molar-refractivity contribution in [3.8, 4) is 0 Å². The van der Waals surface area contributed by atoms with Gasteiger partial charge in [-0.15, -0.1) is 3.63 Å². The predicted octanol–water partition coefficient (Wildman–Crippen LogP) is 6.04. The van der Waals surface area contributed by atoms with E-state index in [2.05, 4.69) is 25.8 Å². The summed E-state index contributed by atoms with van der Waals surface area (Å²) in [5.74, 6) is -3.31. The van der Waals surface area contributed by atoms with Crippen LogP contribution < -0.4 is 0 Å². The Hall–Kier alpha value is -0.380. The largest absolute Gasteiger partial charge is 0.420 e. The summed E-state index contributed by atoms with van der Waals surface area (Å²) in [7, 11) is -10.4. The summed E-state index contributed by atoms with van der Waals surface area (Å²) < 4.78 is 72.2. The molecule has 0 aromatic carbocycles. The number of aliphatic hydroxyl groups excluding tert-OH is 1. The van der Waals surface area contributed by atoms with E-state index in [1.165, 1.54) is 77.0 Å². The molecule has 0 spiro atoms. The highest BCUT2D eigenvalue weighted by molar-refractivity contribution is 7.95. The smallest absolute Gasteiger partial charge is 0.395 e.